The number of piperidine rings is 1. The number of aromatic nitrogens is 3. The second kappa shape index (κ2) is 9.81. The van der Waals surface area contributed by atoms with Gasteiger partial charge in [-0.05, 0) is 62.7 Å². The molecule has 6 nitrogen and oxygen atoms in total. The minimum atomic E-state index is -0.986. The van der Waals surface area contributed by atoms with Gasteiger partial charge in [-0.3, -0.25) is 0 Å². The predicted molar refractivity (Wildman–Crippen MR) is 138 cm³/mol. The summed E-state index contributed by atoms with van der Waals surface area (Å²) in [5, 5.41) is 15.5. The van der Waals surface area contributed by atoms with Gasteiger partial charge in [-0.2, -0.15) is 0 Å². The Bertz CT molecular complexity index is 1290. The molecule has 0 bridgehead atoms. The molecule has 2 aromatic carbocycles. The van der Waals surface area contributed by atoms with Crippen LogP contribution in [0.1, 0.15) is 36.4 Å². The molecule has 0 amide bonds. The van der Waals surface area contributed by atoms with Crippen molar-refractivity contribution >= 4 is 17.3 Å². The van der Waals surface area contributed by atoms with Gasteiger partial charge in [-0.25, -0.2) is 19.3 Å². The Morgan fingerprint density at radius 1 is 1.03 bits per heavy atom. The van der Waals surface area contributed by atoms with Crippen LogP contribution in [0.15, 0.2) is 66.9 Å². The zero-order valence-corrected chi connectivity index (χ0v) is 20.6. The summed E-state index contributed by atoms with van der Waals surface area (Å²) < 4.78 is 13.6. The van der Waals surface area contributed by atoms with E-state index in [-0.39, 0.29) is 11.9 Å². The SMILES string of the molecule is CC(Nc1nccc(-c2sc(C3(O)CCN(C)CC3)nc2-c2ccc(F)cc2)n1)c1ccccc1. The van der Waals surface area contributed by atoms with Crippen LogP contribution < -0.4 is 5.32 Å². The first-order valence-electron chi connectivity index (χ1n) is 11.7. The van der Waals surface area contributed by atoms with Crippen molar-refractivity contribution in [1.82, 2.24) is 19.9 Å². The lowest BCUT2D eigenvalue weighted by molar-refractivity contribution is -0.0203. The lowest BCUT2D eigenvalue weighted by atomic mass is 9.92. The molecule has 2 N–H and O–H groups in total. The van der Waals surface area contributed by atoms with Crippen molar-refractivity contribution in [3.63, 3.8) is 0 Å². The van der Waals surface area contributed by atoms with Crippen molar-refractivity contribution in [2.75, 3.05) is 25.5 Å². The van der Waals surface area contributed by atoms with Crippen LogP contribution in [-0.2, 0) is 5.60 Å². The third kappa shape index (κ3) is 5.10. The lowest BCUT2D eigenvalue weighted by Crippen LogP contribution is -2.40. The van der Waals surface area contributed by atoms with Crippen LogP contribution in [0.25, 0.3) is 21.8 Å². The minimum absolute atomic E-state index is 0.0278. The van der Waals surface area contributed by atoms with E-state index in [1.165, 1.54) is 23.5 Å². The van der Waals surface area contributed by atoms with Gasteiger partial charge in [0, 0.05) is 24.8 Å². The highest BCUT2D eigenvalue weighted by atomic mass is 32.1. The number of thiazole rings is 1. The quantitative estimate of drug-likeness (QED) is 0.373. The average molecular weight is 490 g/mol. The fourth-order valence-corrected chi connectivity index (χ4v) is 5.47. The van der Waals surface area contributed by atoms with Crippen molar-refractivity contribution in [2.45, 2.75) is 31.4 Å². The van der Waals surface area contributed by atoms with Crippen LogP contribution >= 0.6 is 11.3 Å². The smallest absolute Gasteiger partial charge is 0.223 e. The first-order chi connectivity index (χ1) is 16.9. The monoisotopic (exact) mass is 489 g/mol. The molecule has 35 heavy (non-hydrogen) atoms. The summed E-state index contributed by atoms with van der Waals surface area (Å²) in [5.74, 6) is 0.208. The Labute approximate surface area is 208 Å². The van der Waals surface area contributed by atoms with Crippen molar-refractivity contribution in [3.05, 3.63) is 83.2 Å². The number of likely N-dealkylation sites (tertiary alicyclic amines) is 1. The van der Waals surface area contributed by atoms with Crippen LogP contribution in [0, 0.1) is 5.82 Å². The molecule has 3 heterocycles. The van der Waals surface area contributed by atoms with E-state index in [2.05, 4.69) is 41.3 Å². The lowest BCUT2D eigenvalue weighted by Gasteiger charge is -2.34. The van der Waals surface area contributed by atoms with Crippen LogP contribution in [0.2, 0.25) is 0 Å². The Morgan fingerprint density at radius 2 is 1.74 bits per heavy atom. The molecule has 1 aliphatic rings. The predicted octanol–water partition coefficient (Wildman–Crippen LogP) is 5.49. The van der Waals surface area contributed by atoms with Gasteiger partial charge in [0.05, 0.1) is 22.3 Å². The Balaban J connectivity index is 1.52. The molecule has 1 saturated heterocycles. The Morgan fingerprint density at radius 3 is 2.46 bits per heavy atom. The standard InChI is InChI=1S/C27H28FN5OS/c1-18(19-6-4-3-5-7-19)30-26-29-15-12-22(31-26)24-23(20-8-10-21(28)11-9-20)32-25(35-24)27(34)13-16-33(2)17-14-27/h3-12,15,18,34H,13-14,16-17H2,1-2H3,(H,29,30,31). The first kappa shape index (κ1) is 23.5. The number of aliphatic hydroxyl groups is 1. The van der Waals surface area contributed by atoms with E-state index >= 15 is 0 Å². The second-order valence-corrected chi connectivity index (χ2v) is 10.1. The Hall–Kier alpha value is -3.20. The fraction of sp³-hybridized carbons (Fsp3) is 0.296. The maximum Gasteiger partial charge on any atom is 0.223 e. The Kier molecular flexibility index (Phi) is 6.60. The molecule has 4 aromatic rings. The highest BCUT2D eigenvalue weighted by Crippen LogP contribution is 2.43. The van der Waals surface area contributed by atoms with Gasteiger partial charge in [0.25, 0.3) is 0 Å². The molecule has 8 heteroatoms. The molecule has 1 atom stereocenters. The van der Waals surface area contributed by atoms with E-state index in [0.29, 0.717) is 35.2 Å². The van der Waals surface area contributed by atoms with E-state index in [0.717, 1.165) is 29.1 Å². The summed E-state index contributed by atoms with van der Waals surface area (Å²) in [6.07, 6.45) is 2.95. The van der Waals surface area contributed by atoms with E-state index in [1.54, 1.807) is 18.3 Å². The minimum Gasteiger partial charge on any atom is -0.383 e. The third-order valence-corrected chi connectivity index (χ3v) is 7.76. The first-order valence-corrected chi connectivity index (χ1v) is 12.6. The molecule has 0 radical (unpaired) electrons. The van der Waals surface area contributed by atoms with Crippen LogP contribution in [-0.4, -0.2) is 45.1 Å². The van der Waals surface area contributed by atoms with Gasteiger partial charge in [-0.1, -0.05) is 30.3 Å². The highest BCUT2D eigenvalue weighted by molar-refractivity contribution is 7.15. The van der Waals surface area contributed by atoms with Crippen LogP contribution in [0.4, 0.5) is 10.3 Å². The van der Waals surface area contributed by atoms with E-state index in [1.807, 2.05) is 24.3 Å². The fourth-order valence-electron chi connectivity index (χ4n) is 4.27. The van der Waals surface area contributed by atoms with Crippen LogP contribution in [0.3, 0.4) is 0 Å². The molecular weight excluding hydrogens is 461 g/mol. The van der Waals surface area contributed by atoms with Crippen molar-refractivity contribution in [2.24, 2.45) is 0 Å². The largest absolute Gasteiger partial charge is 0.383 e. The van der Waals surface area contributed by atoms with Gasteiger partial charge < -0.3 is 15.3 Å². The molecule has 2 aromatic heterocycles. The highest BCUT2D eigenvalue weighted by Gasteiger charge is 2.37. The number of anilines is 1. The van der Waals surface area contributed by atoms with Crippen molar-refractivity contribution in [3.8, 4) is 21.8 Å². The van der Waals surface area contributed by atoms with Crippen LogP contribution in [0.5, 0.6) is 0 Å². The molecule has 180 valence electrons. The molecule has 0 spiro atoms. The van der Waals surface area contributed by atoms with Gasteiger partial charge in [0.2, 0.25) is 5.95 Å². The average Bonchev–Trinajstić information content (AvgIpc) is 3.34. The summed E-state index contributed by atoms with van der Waals surface area (Å²) in [6, 6.07) is 18.3. The zero-order chi connectivity index (χ0) is 24.4. The van der Waals surface area contributed by atoms with Gasteiger partial charge in [0.1, 0.15) is 16.4 Å². The number of benzene rings is 2. The van der Waals surface area contributed by atoms with Gasteiger partial charge >= 0.3 is 0 Å². The van der Waals surface area contributed by atoms with Gasteiger partial charge in [-0.15, -0.1) is 11.3 Å². The third-order valence-electron chi connectivity index (χ3n) is 6.49. The topological polar surface area (TPSA) is 74.2 Å². The number of rotatable bonds is 6. The molecule has 1 unspecified atom stereocenters. The summed E-state index contributed by atoms with van der Waals surface area (Å²) in [7, 11) is 2.06. The second-order valence-electron chi connectivity index (χ2n) is 9.08. The normalized spacial score (nSPS) is 16.7. The number of nitrogens with one attached hydrogen (secondary N) is 1. The summed E-state index contributed by atoms with van der Waals surface area (Å²) in [4.78, 5) is 17.1. The maximum absolute atomic E-state index is 13.6. The van der Waals surface area contributed by atoms with E-state index in [9.17, 15) is 9.50 Å². The molecule has 0 saturated carbocycles. The molecule has 0 aliphatic carbocycles. The van der Waals surface area contributed by atoms with E-state index in [4.69, 9.17) is 9.97 Å². The summed E-state index contributed by atoms with van der Waals surface area (Å²) >= 11 is 1.45. The van der Waals surface area contributed by atoms with Gasteiger partial charge in [0.15, 0.2) is 0 Å². The molecule has 1 fully saturated rings. The maximum atomic E-state index is 13.6. The molecule has 1 aliphatic heterocycles. The summed E-state index contributed by atoms with van der Waals surface area (Å²) in [6.45, 7) is 3.67. The number of hydrogen-bond acceptors (Lipinski definition) is 7. The van der Waals surface area contributed by atoms with E-state index < -0.39 is 5.60 Å². The number of halogens is 1. The zero-order valence-electron chi connectivity index (χ0n) is 19.8. The van der Waals surface area contributed by atoms with Crippen molar-refractivity contribution < 1.29 is 9.50 Å². The molecule has 5 rings (SSSR count). The number of nitrogens with zero attached hydrogens (tertiary/aromatic N) is 4. The summed E-state index contributed by atoms with van der Waals surface area (Å²) in [5.41, 5.74) is 2.34. The van der Waals surface area contributed by atoms with Crippen molar-refractivity contribution in [1.29, 1.82) is 0 Å². The number of hydrogen-bond donors (Lipinski definition) is 2. The molecular formula is C27H28FN5OS.